The fourth-order valence-corrected chi connectivity index (χ4v) is 20.1. The summed E-state index contributed by atoms with van der Waals surface area (Å²) in [6.07, 6.45) is 4.69. The number of hydrogen-bond donors (Lipinski definition) is 0. The molecule has 115 heavy (non-hydrogen) atoms. The van der Waals surface area contributed by atoms with Crippen LogP contribution in [0.5, 0.6) is 0 Å². The molecule has 0 atom stereocenters. The molecule has 0 saturated heterocycles. The fourth-order valence-electron chi connectivity index (χ4n) is 20.1. The maximum atomic E-state index is 2.67. The first-order chi connectivity index (χ1) is 54.5. The topological polar surface area (TPSA) is 16.3 Å². The van der Waals surface area contributed by atoms with Gasteiger partial charge < -0.3 is 18.9 Å². The van der Waals surface area contributed by atoms with Crippen LogP contribution in [0.4, 0.5) is 34.1 Å². The normalized spacial score (nSPS) is 16.1. The first-order valence-corrected chi connectivity index (χ1v) is 42.4. The van der Waals surface area contributed by atoms with E-state index in [9.17, 15) is 0 Å². The van der Waals surface area contributed by atoms with Gasteiger partial charge in [-0.1, -0.05) is 302 Å². The van der Waals surface area contributed by atoms with E-state index < -0.39 is 0 Å². The monoisotopic (exact) mass is 1500 g/mol. The van der Waals surface area contributed by atoms with Gasteiger partial charge in [0.05, 0.1) is 27.8 Å². The van der Waals surface area contributed by atoms with Crippen LogP contribution in [0.2, 0.25) is 0 Å². The summed E-state index contributed by atoms with van der Waals surface area (Å²) in [7, 11) is 0. The number of anilines is 6. The van der Waals surface area contributed by atoms with Gasteiger partial charge in [-0.3, -0.25) is 0 Å². The van der Waals surface area contributed by atoms with Gasteiger partial charge >= 0.3 is 0 Å². The lowest BCUT2D eigenvalue weighted by Gasteiger charge is -2.45. The third-order valence-electron chi connectivity index (χ3n) is 27.5. The van der Waals surface area contributed by atoms with Crippen molar-refractivity contribution in [3.63, 3.8) is 0 Å². The molecule has 13 aromatic carbocycles. The lowest BCUT2D eigenvalue weighted by atomic mass is 9.33. The van der Waals surface area contributed by atoms with Crippen molar-refractivity contribution in [2.45, 2.75) is 207 Å². The Morgan fingerprint density at radius 1 is 0.243 bits per heavy atom. The fraction of sp³-hybridized carbons (Fsp3) is 0.291. The zero-order valence-electron chi connectivity index (χ0n) is 71.5. The third kappa shape index (κ3) is 12.3. The highest BCUT2D eigenvalue weighted by molar-refractivity contribution is 7.00. The summed E-state index contributed by atoms with van der Waals surface area (Å²) < 4.78 is 5.14. The Balaban J connectivity index is 0.914. The number of benzene rings is 13. The molecule has 0 unspecified atom stereocenters. The van der Waals surface area contributed by atoms with E-state index in [0.717, 1.165) is 52.7 Å². The van der Waals surface area contributed by atoms with E-state index >= 15 is 0 Å². The van der Waals surface area contributed by atoms with Gasteiger partial charge in [0.15, 0.2) is 0 Å². The maximum Gasteiger partial charge on any atom is 0.252 e. The number of nitrogens with zero attached hydrogens (tertiary/aromatic N) is 4. The van der Waals surface area contributed by atoms with E-state index in [-0.39, 0.29) is 50.0 Å². The van der Waals surface area contributed by atoms with Crippen LogP contribution in [-0.2, 0) is 43.3 Å². The van der Waals surface area contributed by atoms with Crippen molar-refractivity contribution in [2.24, 2.45) is 0 Å². The summed E-state index contributed by atoms with van der Waals surface area (Å²) in [4.78, 5) is 5.33. The molecule has 0 N–H and O–H groups in total. The van der Waals surface area contributed by atoms with E-state index in [1.807, 2.05) is 0 Å². The smallest absolute Gasteiger partial charge is 0.252 e. The van der Waals surface area contributed by atoms with Crippen molar-refractivity contribution in [3.8, 4) is 55.9 Å². The highest BCUT2D eigenvalue weighted by Crippen LogP contribution is 2.53. The Kier molecular flexibility index (Phi) is 16.7. The average molecular weight is 1500 g/mol. The van der Waals surface area contributed by atoms with Crippen molar-refractivity contribution in [1.82, 2.24) is 9.13 Å². The van der Waals surface area contributed by atoms with Gasteiger partial charge in [-0.2, -0.15) is 0 Å². The summed E-state index contributed by atoms with van der Waals surface area (Å²) >= 11 is 0. The molecule has 5 heteroatoms. The summed E-state index contributed by atoms with van der Waals surface area (Å²) in [5.41, 5.74) is 38.6. The number of rotatable bonds is 8. The minimum atomic E-state index is -0.191. The van der Waals surface area contributed by atoms with E-state index in [4.69, 9.17) is 0 Å². The second kappa shape index (κ2) is 25.8. The standard InChI is InChI=1S/C110H111BN4/c1-103(2,3)76-38-50-96-86(63-76)87-64-77(104(4,5)6)39-51-97(87)115(96)83-66-100-102-101(67-83)113(81-42-32-70(33-43-81)73-35-46-89-91(60-73)110(19,20)55-53-108(89,15)16)99-65-82(114-94-29-25-24-28-84(94)85-58-71(37-49-95(85)114)68-26-22-21-23-27-68)44-48-93(99)111(102)92-47-36-74(75-56-78(105(7,8)9)62-79(57-75)106(10,11)12)61-98(92)112(100)80-40-30-69(31-41-80)72-34-45-88-90(59-72)109(17,18)54-52-107(88,13)14/h21-51,56-67H,52-55H2,1-20H3. The summed E-state index contributed by atoms with van der Waals surface area (Å²) in [5.74, 6) is 0. The molecule has 19 rings (SSSR count). The van der Waals surface area contributed by atoms with Crippen molar-refractivity contribution in [3.05, 3.63) is 305 Å². The highest BCUT2D eigenvalue weighted by Gasteiger charge is 2.46. The molecular weight excluding hydrogens is 1390 g/mol. The van der Waals surface area contributed by atoms with Crippen LogP contribution in [0.15, 0.2) is 261 Å². The largest absolute Gasteiger partial charge is 0.311 e. The van der Waals surface area contributed by atoms with E-state index in [2.05, 4.69) is 418 Å². The van der Waals surface area contributed by atoms with Gasteiger partial charge in [-0.05, 0) is 271 Å². The molecule has 0 radical (unpaired) electrons. The average Bonchev–Trinajstić information content (AvgIpc) is 1.52. The number of fused-ring (bicyclic) bond motifs is 12. The van der Waals surface area contributed by atoms with E-state index in [0.29, 0.717) is 0 Å². The molecule has 0 amide bonds. The lowest BCUT2D eigenvalue weighted by molar-refractivity contribution is 0.332. The number of para-hydroxylation sites is 1. The molecule has 4 nitrogen and oxygen atoms in total. The first kappa shape index (κ1) is 74.2. The van der Waals surface area contributed by atoms with Gasteiger partial charge in [-0.25, -0.2) is 0 Å². The molecule has 2 aliphatic heterocycles. The number of hydrogen-bond acceptors (Lipinski definition) is 2. The predicted octanol–water partition coefficient (Wildman–Crippen LogP) is 28.5. The van der Waals surface area contributed by atoms with Crippen molar-refractivity contribution < 1.29 is 0 Å². The molecule has 15 aromatic rings. The molecule has 4 heterocycles. The Morgan fingerprint density at radius 3 is 1.10 bits per heavy atom. The van der Waals surface area contributed by atoms with Gasteiger partial charge in [0.2, 0.25) is 0 Å². The van der Waals surface area contributed by atoms with Gasteiger partial charge in [0.25, 0.3) is 6.71 Å². The van der Waals surface area contributed by atoms with Gasteiger partial charge in [0, 0.05) is 61.4 Å². The van der Waals surface area contributed by atoms with Crippen LogP contribution >= 0.6 is 0 Å². The van der Waals surface area contributed by atoms with Crippen LogP contribution < -0.4 is 26.2 Å². The van der Waals surface area contributed by atoms with Crippen LogP contribution in [0.25, 0.3) is 99.5 Å². The Bertz CT molecular complexity index is 6390. The minimum absolute atomic E-state index is 0.0666. The second-order valence-electron chi connectivity index (χ2n) is 41.2. The Labute approximate surface area is 684 Å². The zero-order valence-corrected chi connectivity index (χ0v) is 71.5. The van der Waals surface area contributed by atoms with E-state index in [1.165, 1.54) is 168 Å². The number of aromatic nitrogens is 2. The molecular formula is C110H111BN4. The Hall–Kier alpha value is -10.9. The molecule has 2 aromatic heterocycles. The molecule has 0 spiro atoms. The molecule has 2 aliphatic carbocycles. The molecule has 0 saturated carbocycles. The second-order valence-corrected chi connectivity index (χ2v) is 41.2. The quantitative estimate of drug-likeness (QED) is 0.141. The summed E-state index contributed by atoms with van der Waals surface area (Å²) in [6, 6.07) is 103. The summed E-state index contributed by atoms with van der Waals surface area (Å²) in [5, 5.41) is 4.99. The van der Waals surface area contributed by atoms with Gasteiger partial charge in [0.1, 0.15) is 0 Å². The maximum absolute atomic E-state index is 2.67. The van der Waals surface area contributed by atoms with Crippen molar-refractivity contribution >= 4 is 101 Å². The molecule has 4 aliphatic rings. The molecule has 574 valence electrons. The third-order valence-corrected chi connectivity index (χ3v) is 27.5. The van der Waals surface area contributed by atoms with E-state index in [1.54, 1.807) is 0 Å². The minimum Gasteiger partial charge on any atom is -0.311 e. The van der Waals surface area contributed by atoms with Crippen molar-refractivity contribution in [1.29, 1.82) is 0 Å². The molecule has 0 fully saturated rings. The van der Waals surface area contributed by atoms with Crippen molar-refractivity contribution in [2.75, 3.05) is 9.80 Å². The first-order valence-electron chi connectivity index (χ1n) is 42.4. The lowest BCUT2D eigenvalue weighted by Crippen LogP contribution is -2.61. The summed E-state index contributed by atoms with van der Waals surface area (Å²) in [6.45, 7) is 47.6. The highest BCUT2D eigenvalue weighted by atomic mass is 15.2. The van der Waals surface area contributed by atoms with Crippen LogP contribution in [-0.4, -0.2) is 15.8 Å². The van der Waals surface area contributed by atoms with Crippen LogP contribution in [0.3, 0.4) is 0 Å². The zero-order chi connectivity index (χ0) is 80.3. The Morgan fingerprint density at radius 2 is 0.600 bits per heavy atom. The van der Waals surface area contributed by atoms with Gasteiger partial charge in [-0.15, -0.1) is 0 Å². The van der Waals surface area contributed by atoms with Crippen LogP contribution in [0, 0.1) is 0 Å². The van der Waals surface area contributed by atoms with Crippen LogP contribution in [0.1, 0.15) is 209 Å². The predicted molar refractivity (Wildman–Crippen MR) is 496 cm³/mol. The molecule has 0 bridgehead atoms. The SMILES string of the molecule is CC(C)(C)c1cc(-c2ccc3c(c2)N(c2ccc(-c4ccc5c(c4)C(C)(C)CCC5(C)C)cc2)c2cc(-n4c5ccc(C(C)(C)C)cc5c5cc(C(C)(C)C)ccc54)cc4c2B3c2ccc(-n3c5ccccc5c5cc(-c6ccccc6)ccc53)cc2N4c2ccc(-c3ccc4c(c3)C(C)(C)CCC4(C)C)cc2)cc(C(C)(C)C)c1.